The summed E-state index contributed by atoms with van der Waals surface area (Å²) < 4.78 is 5.54. The molecule has 110 valence electrons. The third-order valence-electron chi connectivity index (χ3n) is 3.02. The molecule has 1 N–H and O–H groups in total. The molecule has 1 unspecified atom stereocenters. The Labute approximate surface area is 120 Å². The van der Waals surface area contributed by atoms with Crippen molar-refractivity contribution in [1.82, 2.24) is 5.32 Å². The zero-order chi connectivity index (χ0) is 15.0. The molecule has 4 heteroatoms. The van der Waals surface area contributed by atoms with Crippen LogP contribution >= 0.6 is 0 Å². The van der Waals surface area contributed by atoms with E-state index in [0.717, 1.165) is 19.3 Å². The van der Waals surface area contributed by atoms with Crippen LogP contribution in [0.15, 0.2) is 24.3 Å². The number of unbranched alkanes of at least 4 members (excludes halogenated alkanes) is 2. The minimum atomic E-state index is -0.542. The van der Waals surface area contributed by atoms with Crippen LogP contribution in [-0.2, 0) is 4.79 Å². The number of ether oxygens (including phenoxy) is 1. The summed E-state index contributed by atoms with van der Waals surface area (Å²) in [5.74, 6) is 0.487. The Morgan fingerprint density at radius 2 is 1.85 bits per heavy atom. The highest BCUT2D eigenvalue weighted by molar-refractivity contribution is 5.94. The number of hydrogen-bond acceptors (Lipinski definition) is 3. The Bertz CT molecular complexity index is 440. The molecular weight excluding hydrogens is 254 g/mol. The van der Waals surface area contributed by atoms with Crippen LogP contribution in [0.1, 0.15) is 50.4 Å². The number of nitrogens with one attached hydrogen (secondary N) is 1. The van der Waals surface area contributed by atoms with E-state index in [1.165, 1.54) is 6.92 Å². The van der Waals surface area contributed by atoms with Gasteiger partial charge in [0.25, 0.3) is 5.91 Å². The molecule has 0 bridgehead atoms. The molecule has 0 aliphatic rings. The van der Waals surface area contributed by atoms with Crippen molar-refractivity contribution in [3.8, 4) is 5.75 Å². The molecule has 0 fully saturated rings. The zero-order valence-electron chi connectivity index (χ0n) is 12.4. The van der Waals surface area contributed by atoms with Crippen LogP contribution < -0.4 is 10.1 Å². The average molecular weight is 277 g/mol. The Kier molecular flexibility index (Phi) is 6.77. The van der Waals surface area contributed by atoms with E-state index in [-0.39, 0.29) is 11.7 Å². The maximum absolute atomic E-state index is 11.8. The van der Waals surface area contributed by atoms with Gasteiger partial charge < -0.3 is 10.1 Å². The fourth-order valence-corrected chi connectivity index (χ4v) is 1.76. The largest absolute Gasteiger partial charge is 0.481 e. The first-order chi connectivity index (χ1) is 9.54. The van der Waals surface area contributed by atoms with E-state index in [4.69, 9.17) is 4.74 Å². The number of carbonyl (C=O) groups is 2. The van der Waals surface area contributed by atoms with Crippen molar-refractivity contribution in [2.75, 3.05) is 6.54 Å². The Balaban J connectivity index is 2.42. The lowest BCUT2D eigenvalue weighted by atomic mass is 10.1. The molecule has 0 saturated carbocycles. The van der Waals surface area contributed by atoms with Gasteiger partial charge >= 0.3 is 0 Å². The van der Waals surface area contributed by atoms with Gasteiger partial charge in [0, 0.05) is 12.1 Å². The fraction of sp³-hybridized carbons (Fsp3) is 0.500. The number of rotatable bonds is 8. The van der Waals surface area contributed by atoms with Crippen molar-refractivity contribution in [3.05, 3.63) is 29.8 Å². The van der Waals surface area contributed by atoms with Crippen LogP contribution in [0.4, 0.5) is 0 Å². The SMILES string of the molecule is CCCCCNC(=O)C(C)Oc1ccc(C(C)=O)cc1. The Morgan fingerprint density at radius 1 is 1.20 bits per heavy atom. The van der Waals surface area contributed by atoms with Crippen molar-refractivity contribution >= 4 is 11.7 Å². The molecule has 1 atom stereocenters. The Morgan fingerprint density at radius 3 is 2.40 bits per heavy atom. The highest BCUT2D eigenvalue weighted by Gasteiger charge is 2.13. The molecule has 0 aliphatic carbocycles. The van der Waals surface area contributed by atoms with Gasteiger partial charge in [-0.15, -0.1) is 0 Å². The van der Waals surface area contributed by atoms with Crippen molar-refractivity contribution in [2.24, 2.45) is 0 Å². The van der Waals surface area contributed by atoms with Gasteiger partial charge in [0.15, 0.2) is 11.9 Å². The van der Waals surface area contributed by atoms with Gasteiger partial charge in [-0.3, -0.25) is 9.59 Å². The molecule has 1 aromatic carbocycles. The number of amides is 1. The first-order valence-corrected chi connectivity index (χ1v) is 7.10. The van der Waals surface area contributed by atoms with Crippen LogP contribution in [0.25, 0.3) is 0 Å². The fourth-order valence-electron chi connectivity index (χ4n) is 1.76. The lowest BCUT2D eigenvalue weighted by molar-refractivity contribution is -0.127. The van der Waals surface area contributed by atoms with Crippen LogP contribution in [0.2, 0.25) is 0 Å². The van der Waals surface area contributed by atoms with Gasteiger partial charge in [-0.2, -0.15) is 0 Å². The number of hydrogen-bond donors (Lipinski definition) is 1. The van der Waals surface area contributed by atoms with Crippen molar-refractivity contribution in [1.29, 1.82) is 0 Å². The van der Waals surface area contributed by atoms with Gasteiger partial charge in [0.1, 0.15) is 5.75 Å². The topological polar surface area (TPSA) is 55.4 Å². The summed E-state index contributed by atoms with van der Waals surface area (Å²) in [5, 5.41) is 2.85. The second-order valence-electron chi connectivity index (χ2n) is 4.84. The van der Waals surface area contributed by atoms with E-state index in [0.29, 0.717) is 17.9 Å². The van der Waals surface area contributed by atoms with Gasteiger partial charge in [-0.25, -0.2) is 0 Å². The molecule has 1 amide bonds. The monoisotopic (exact) mass is 277 g/mol. The summed E-state index contributed by atoms with van der Waals surface area (Å²) >= 11 is 0. The summed E-state index contributed by atoms with van der Waals surface area (Å²) in [7, 11) is 0. The summed E-state index contributed by atoms with van der Waals surface area (Å²) in [6.45, 7) is 6.04. The lowest BCUT2D eigenvalue weighted by Gasteiger charge is -2.14. The molecule has 0 spiro atoms. The predicted octanol–water partition coefficient (Wildman–Crippen LogP) is 2.96. The standard InChI is InChI=1S/C16H23NO3/c1-4-5-6-11-17-16(19)13(3)20-15-9-7-14(8-10-15)12(2)18/h7-10,13H,4-6,11H2,1-3H3,(H,17,19). The molecular formula is C16H23NO3. The molecule has 0 heterocycles. The Hall–Kier alpha value is -1.84. The van der Waals surface area contributed by atoms with E-state index in [2.05, 4.69) is 12.2 Å². The van der Waals surface area contributed by atoms with Crippen LogP contribution in [0.3, 0.4) is 0 Å². The molecule has 4 nitrogen and oxygen atoms in total. The summed E-state index contributed by atoms with van der Waals surface area (Å²) in [6, 6.07) is 6.81. The number of carbonyl (C=O) groups excluding carboxylic acids is 2. The summed E-state index contributed by atoms with van der Waals surface area (Å²) in [4.78, 5) is 22.9. The zero-order valence-corrected chi connectivity index (χ0v) is 12.4. The predicted molar refractivity (Wildman–Crippen MR) is 79.1 cm³/mol. The summed E-state index contributed by atoms with van der Waals surface area (Å²) in [6.07, 6.45) is 2.69. The average Bonchev–Trinajstić information content (AvgIpc) is 2.44. The van der Waals surface area contributed by atoms with Crippen molar-refractivity contribution in [3.63, 3.8) is 0 Å². The third kappa shape index (κ3) is 5.43. The number of ketones is 1. The van der Waals surface area contributed by atoms with Gasteiger partial charge in [0.2, 0.25) is 0 Å². The minimum absolute atomic E-state index is 0.0123. The second kappa shape index (κ2) is 8.35. The molecule has 0 aliphatic heterocycles. The van der Waals surface area contributed by atoms with Gasteiger partial charge in [0.05, 0.1) is 0 Å². The minimum Gasteiger partial charge on any atom is -0.481 e. The van der Waals surface area contributed by atoms with Gasteiger partial charge in [-0.05, 0) is 44.5 Å². The normalized spacial score (nSPS) is 11.8. The number of Topliss-reactive ketones (excluding diaryl/α,β-unsaturated/α-hetero) is 1. The quantitative estimate of drug-likeness (QED) is 0.587. The molecule has 1 aromatic rings. The molecule has 0 aromatic heterocycles. The van der Waals surface area contributed by atoms with Crippen LogP contribution in [-0.4, -0.2) is 24.3 Å². The molecule has 20 heavy (non-hydrogen) atoms. The maximum atomic E-state index is 11.8. The maximum Gasteiger partial charge on any atom is 0.260 e. The van der Waals surface area contributed by atoms with E-state index >= 15 is 0 Å². The summed E-state index contributed by atoms with van der Waals surface area (Å²) in [5.41, 5.74) is 0.633. The molecule has 1 rings (SSSR count). The second-order valence-corrected chi connectivity index (χ2v) is 4.84. The van der Waals surface area contributed by atoms with Crippen LogP contribution in [0.5, 0.6) is 5.75 Å². The van der Waals surface area contributed by atoms with E-state index in [9.17, 15) is 9.59 Å². The number of benzene rings is 1. The lowest BCUT2D eigenvalue weighted by Crippen LogP contribution is -2.36. The van der Waals surface area contributed by atoms with Gasteiger partial charge in [-0.1, -0.05) is 19.8 Å². The third-order valence-corrected chi connectivity index (χ3v) is 3.02. The smallest absolute Gasteiger partial charge is 0.260 e. The van der Waals surface area contributed by atoms with E-state index in [1.54, 1.807) is 31.2 Å². The first-order valence-electron chi connectivity index (χ1n) is 7.10. The van der Waals surface area contributed by atoms with E-state index in [1.807, 2.05) is 0 Å². The highest BCUT2D eigenvalue weighted by Crippen LogP contribution is 2.14. The van der Waals surface area contributed by atoms with Crippen LogP contribution in [0, 0.1) is 0 Å². The van der Waals surface area contributed by atoms with Crippen molar-refractivity contribution < 1.29 is 14.3 Å². The van der Waals surface area contributed by atoms with Crippen molar-refractivity contribution in [2.45, 2.75) is 46.1 Å². The van der Waals surface area contributed by atoms with E-state index < -0.39 is 6.10 Å². The molecule has 0 radical (unpaired) electrons. The molecule has 0 saturated heterocycles. The first kappa shape index (κ1) is 16.2. The highest BCUT2D eigenvalue weighted by atomic mass is 16.5.